The quantitative estimate of drug-likeness (QED) is 0.587. The Morgan fingerprint density at radius 2 is 1.86 bits per heavy atom. The Bertz CT molecular complexity index is 1220. The predicted octanol–water partition coefficient (Wildman–Crippen LogP) is 4.25. The lowest BCUT2D eigenvalue weighted by Crippen LogP contribution is -2.00. The molecule has 0 bridgehead atoms. The Hall–Kier alpha value is -3.49. The zero-order valence-electron chi connectivity index (χ0n) is 16.2. The molecule has 0 aliphatic carbocycles. The largest absolute Gasteiger partial charge is 0.333 e. The van der Waals surface area contributed by atoms with Gasteiger partial charge in [0, 0.05) is 36.3 Å². The van der Waals surface area contributed by atoms with E-state index >= 15 is 0 Å². The molecule has 2 heterocycles. The second-order valence-corrected chi connectivity index (χ2v) is 7.03. The molecule has 0 saturated heterocycles. The summed E-state index contributed by atoms with van der Waals surface area (Å²) >= 11 is 0. The lowest BCUT2D eigenvalue weighted by atomic mass is 9.93. The van der Waals surface area contributed by atoms with Crippen molar-refractivity contribution in [3.05, 3.63) is 71.2 Å². The normalized spacial score (nSPS) is 11.0. The molecule has 0 fully saturated rings. The smallest absolute Gasteiger partial charge is 0.101 e. The van der Waals surface area contributed by atoms with Crippen LogP contribution < -0.4 is 5.73 Å². The van der Waals surface area contributed by atoms with Crippen LogP contribution in [0.1, 0.15) is 22.3 Å². The third kappa shape index (κ3) is 2.75. The summed E-state index contributed by atoms with van der Waals surface area (Å²) in [5.41, 5.74) is 14.6. The molecule has 0 saturated carbocycles. The number of aryl methyl sites for hydroxylation is 3. The molecule has 5 nitrogen and oxygen atoms in total. The van der Waals surface area contributed by atoms with E-state index in [9.17, 15) is 5.26 Å². The van der Waals surface area contributed by atoms with Gasteiger partial charge >= 0.3 is 0 Å². The van der Waals surface area contributed by atoms with Crippen molar-refractivity contribution in [2.45, 2.75) is 20.4 Å². The van der Waals surface area contributed by atoms with Crippen molar-refractivity contribution in [3.63, 3.8) is 0 Å². The summed E-state index contributed by atoms with van der Waals surface area (Å²) in [6.45, 7) is 4.71. The first-order valence-corrected chi connectivity index (χ1v) is 9.15. The molecule has 0 radical (unpaired) electrons. The number of nitrogens with two attached hydrogens (primary N) is 1. The molecule has 0 unspecified atom stereocenters. The number of hydrogen-bond donors (Lipinski definition) is 1. The minimum Gasteiger partial charge on any atom is -0.333 e. The van der Waals surface area contributed by atoms with Crippen LogP contribution in [0.15, 0.2) is 48.9 Å². The van der Waals surface area contributed by atoms with Gasteiger partial charge in [-0.3, -0.25) is 4.98 Å². The molecule has 2 aromatic carbocycles. The second kappa shape index (κ2) is 6.91. The van der Waals surface area contributed by atoms with E-state index < -0.39 is 0 Å². The highest BCUT2D eigenvalue weighted by atomic mass is 15.0. The van der Waals surface area contributed by atoms with E-state index in [0.717, 1.165) is 44.6 Å². The van der Waals surface area contributed by atoms with Crippen LogP contribution in [0, 0.1) is 25.2 Å². The number of pyridine rings is 1. The van der Waals surface area contributed by atoms with E-state index in [4.69, 9.17) is 10.7 Å². The Morgan fingerprint density at radius 1 is 1.11 bits per heavy atom. The van der Waals surface area contributed by atoms with Gasteiger partial charge in [0.15, 0.2) is 0 Å². The van der Waals surface area contributed by atoms with Gasteiger partial charge in [-0.05, 0) is 42.7 Å². The van der Waals surface area contributed by atoms with Crippen LogP contribution in [0.25, 0.3) is 33.4 Å². The van der Waals surface area contributed by atoms with Crippen LogP contribution >= 0.6 is 0 Å². The lowest BCUT2D eigenvalue weighted by Gasteiger charge is -2.15. The van der Waals surface area contributed by atoms with Crippen LogP contribution in [0.5, 0.6) is 0 Å². The number of rotatable bonds is 3. The molecular formula is C23H21N5. The number of fused-ring (bicyclic) bond motifs is 1. The summed E-state index contributed by atoms with van der Waals surface area (Å²) in [6.07, 6.45) is 3.55. The van der Waals surface area contributed by atoms with E-state index in [1.807, 2.05) is 42.2 Å². The molecule has 4 rings (SSSR count). The number of nitrogens with zero attached hydrogens (tertiary/aromatic N) is 4. The van der Waals surface area contributed by atoms with E-state index in [0.29, 0.717) is 17.6 Å². The van der Waals surface area contributed by atoms with E-state index in [2.05, 4.69) is 37.0 Å². The number of aromatic nitrogens is 3. The molecule has 5 heteroatoms. The first kappa shape index (κ1) is 17.9. The van der Waals surface area contributed by atoms with E-state index in [-0.39, 0.29) is 0 Å². The third-order valence-corrected chi connectivity index (χ3v) is 5.15. The van der Waals surface area contributed by atoms with Crippen molar-refractivity contribution in [3.8, 4) is 28.6 Å². The lowest BCUT2D eigenvalue weighted by molar-refractivity contribution is 0.922. The Morgan fingerprint density at radius 3 is 2.54 bits per heavy atom. The van der Waals surface area contributed by atoms with Crippen LogP contribution in [0.4, 0.5) is 0 Å². The topological polar surface area (TPSA) is 80.5 Å². The Labute approximate surface area is 164 Å². The zero-order chi connectivity index (χ0) is 19.8. The number of nitriles is 1. The number of benzene rings is 2. The average Bonchev–Trinajstić information content (AvgIpc) is 3.07. The minimum atomic E-state index is 0.517. The molecule has 0 spiro atoms. The highest BCUT2D eigenvalue weighted by molar-refractivity contribution is 5.99. The maximum absolute atomic E-state index is 9.45. The monoisotopic (exact) mass is 367 g/mol. The number of hydrogen-bond acceptors (Lipinski definition) is 4. The summed E-state index contributed by atoms with van der Waals surface area (Å²) in [5, 5.41) is 10.4. The fraction of sp³-hybridized carbons (Fsp3) is 0.174. The van der Waals surface area contributed by atoms with Crippen LogP contribution in [0.3, 0.4) is 0 Å². The molecule has 28 heavy (non-hydrogen) atoms. The van der Waals surface area contributed by atoms with Gasteiger partial charge in [-0.1, -0.05) is 24.3 Å². The van der Waals surface area contributed by atoms with Crippen LogP contribution in [-0.2, 0) is 13.6 Å². The van der Waals surface area contributed by atoms with Crippen molar-refractivity contribution in [1.82, 2.24) is 14.5 Å². The molecule has 0 amide bonds. The number of imidazole rings is 1. The SMILES string of the molecule is Cc1cc(CN)cc(C)c1-c1ncn(C)c1-c1ccc(C#N)c2ncccc12. The fourth-order valence-corrected chi connectivity index (χ4v) is 3.94. The fourth-order valence-electron chi connectivity index (χ4n) is 3.94. The van der Waals surface area contributed by atoms with Crippen molar-refractivity contribution >= 4 is 10.9 Å². The summed E-state index contributed by atoms with van der Waals surface area (Å²) < 4.78 is 2.03. The third-order valence-electron chi connectivity index (χ3n) is 5.15. The van der Waals surface area contributed by atoms with Gasteiger partial charge < -0.3 is 10.3 Å². The highest BCUT2D eigenvalue weighted by Gasteiger charge is 2.20. The average molecular weight is 367 g/mol. The van der Waals surface area contributed by atoms with E-state index in [1.165, 1.54) is 0 Å². The molecule has 0 aliphatic heterocycles. The van der Waals surface area contributed by atoms with Gasteiger partial charge in [-0.2, -0.15) is 5.26 Å². The summed E-state index contributed by atoms with van der Waals surface area (Å²) in [7, 11) is 1.99. The van der Waals surface area contributed by atoms with Crippen molar-refractivity contribution in [1.29, 1.82) is 5.26 Å². The molecular weight excluding hydrogens is 346 g/mol. The Kier molecular flexibility index (Phi) is 4.42. The first-order chi connectivity index (χ1) is 13.5. The molecule has 2 N–H and O–H groups in total. The molecule has 138 valence electrons. The zero-order valence-corrected chi connectivity index (χ0v) is 16.2. The van der Waals surface area contributed by atoms with Crippen molar-refractivity contribution < 1.29 is 0 Å². The van der Waals surface area contributed by atoms with Crippen molar-refractivity contribution in [2.24, 2.45) is 12.8 Å². The van der Waals surface area contributed by atoms with Gasteiger partial charge in [0.2, 0.25) is 0 Å². The van der Waals surface area contributed by atoms with Crippen molar-refractivity contribution in [2.75, 3.05) is 0 Å². The van der Waals surface area contributed by atoms with Gasteiger partial charge in [0.1, 0.15) is 6.07 Å². The first-order valence-electron chi connectivity index (χ1n) is 9.15. The summed E-state index contributed by atoms with van der Waals surface area (Å²) in [5.74, 6) is 0. The minimum absolute atomic E-state index is 0.517. The second-order valence-electron chi connectivity index (χ2n) is 7.03. The summed E-state index contributed by atoms with van der Waals surface area (Å²) in [4.78, 5) is 9.18. The van der Waals surface area contributed by atoms with Gasteiger partial charge in [0.05, 0.1) is 28.8 Å². The molecule has 0 aliphatic rings. The van der Waals surface area contributed by atoms with Crippen LogP contribution in [-0.4, -0.2) is 14.5 Å². The van der Waals surface area contributed by atoms with E-state index in [1.54, 1.807) is 6.20 Å². The molecule has 2 aromatic heterocycles. The van der Waals surface area contributed by atoms with Gasteiger partial charge in [-0.25, -0.2) is 4.98 Å². The summed E-state index contributed by atoms with van der Waals surface area (Å²) in [6, 6.07) is 14.2. The molecule has 0 atom stereocenters. The van der Waals surface area contributed by atoms with Crippen LogP contribution in [0.2, 0.25) is 0 Å². The molecule has 4 aromatic rings. The van der Waals surface area contributed by atoms with Gasteiger partial charge in [0.25, 0.3) is 0 Å². The maximum atomic E-state index is 9.45. The Balaban J connectivity index is 2.03. The van der Waals surface area contributed by atoms with Gasteiger partial charge in [-0.15, -0.1) is 0 Å². The standard InChI is InChI=1S/C23H21N5/c1-14-9-16(11-24)10-15(2)20(14)22-23(28(3)13-27-22)19-7-6-17(12-25)21-18(19)5-4-8-26-21/h4-10,13H,11,24H2,1-3H3. The highest BCUT2D eigenvalue weighted by Crippen LogP contribution is 2.38. The predicted molar refractivity (Wildman–Crippen MR) is 111 cm³/mol. The maximum Gasteiger partial charge on any atom is 0.101 e.